The van der Waals surface area contributed by atoms with Gasteiger partial charge in [0.15, 0.2) is 5.78 Å². The molecule has 4 rings (SSSR count). The van der Waals surface area contributed by atoms with Crippen molar-refractivity contribution in [2.45, 2.75) is 39.5 Å². The number of morpholine rings is 1. The number of allylic oxidation sites excluding steroid dienone is 3. The zero-order chi connectivity index (χ0) is 23.0. The van der Waals surface area contributed by atoms with Crippen molar-refractivity contribution in [1.82, 2.24) is 10.2 Å². The fourth-order valence-corrected chi connectivity index (χ4v) is 5.02. The lowest BCUT2D eigenvalue weighted by Crippen LogP contribution is -2.45. The molecule has 0 bridgehead atoms. The van der Waals surface area contributed by atoms with Crippen molar-refractivity contribution in [2.24, 2.45) is 5.41 Å². The maximum atomic E-state index is 13.8. The van der Waals surface area contributed by atoms with E-state index in [0.29, 0.717) is 55.4 Å². The Morgan fingerprint density at radius 2 is 1.88 bits per heavy atom. The first-order valence-electron chi connectivity index (χ1n) is 11.1. The van der Waals surface area contributed by atoms with E-state index in [1.807, 2.05) is 24.0 Å². The average Bonchev–Trinajstić information content (AvgIpc) is 2.77. The van der Waals surface area contributed by atoms with Crippen LogP contribution in [0.2, 0.25) is 0 Å². The van der Waals surface area contributed by atoms with Gasteiger partial charge in [0.2, 0.25) is 0 Å². The summed E-state index contributed by atoms with van der Waals surface area (Å²) in [5.74, 6) is 0.773. The van der Waals surface area contributed by atoms with Crippen LogP contribution in [0.5, 0.6) is 11.5 Å². The molecule has 1 N–H and O–H groups in total. The third kappa shape index (κ3) is 4.01. The highest BCUT2D eigenvalue weighted by Crippen LogP contribution is 2.49. The summed E-state index contributed by atoms with van der Waals surface area (Å²) >= 11 is 0. The van der Waals surface area contributed by atoms with Gasteiger partial charge in [-0.3, -0.25) is 9.59 Å². The Labute approximate surface area is 189 Å². The molecule has 1 atom stereocenters. The summed E-state index contributed by atoms with van der Waals surface area (Å²) in [6, 6.07) is 5.57. The number of ether oxygens (including phenoxy) is 3. The van der Waals surface area contributed by atoms with E-state index in [9.17, 15) is 9.59 Å². The third-order valence-corrected chi connectivity index (χ3v) is 6.52. The standard InChI is InChI=1S/C25H32N2O5/c1-15-21(24(29)27-8-10-32-11-9-27)22(17-7-6-16(30-4)12-20(17)31-5)23-18(26-15)13-25(2,3)14-19(23)28/h6-7,12,22,26H,8-11,13-14H2,1-5H3/t22-/m0/s1. The normalized spacial score (nSPS) is 23.0. The molecule has 2 aliphatic heterocycles. The van der Waals surface area contributed by atoms with E-state index in [4.69, 9.17) is 14.2 Å². The number of carbonyl (C=O) groups excluding carboxylic acids is 2. The summed E-state index contributed by atoms with van der Waals surface area (Å²) in [6.07, 6.45) is 1.19. The van der Waals surface area contributed by atoms with Gasteiger partial charge in [-0.25, -0.2) is 0 Å². The summed E-state index contributed by atoms with van der Waals surface area (Å²) in [7, 11) is 3.20. The minimum atomic E-state index is -0.494. The molecule has 1 aliphatic carbocycles. The van der Waals surface area contributed by atoms with Crippen LogP contribution in [0, 0.1) is 5.41 Å². The molecular formula is C25H32N2O5. The van der Waals surface area contributed by atoms with Gasteiger partial charge in [-0.1, -0.05) is 19.9 Å². The maximum absolute atomic E-state index is 13.8. The number of methoxy groups -OCH3 is 2. The van der Waals surface area contributed by atoms with E-state index in [2.05, 4.69) is 19.2 Å². The molecule has 7 nitrogen and oxygen atoms in total. The fourth-order valence-electron chi connectivity index (χ4n) is 5.02. The number of dihydropyridines is 1. The van der Waals surface area contributed by atoms with Crippen LogP contribution in [0.1, 0.15) is 45.1 Å². The Kier molecular flexibility index (Phi) is 6.03. The second-order valence-corrected chi connectivity index (χ2v) is 9.44. The Bertz CT molecular complexity index is 1000. The predicted octanol–water partition coefficient (Wildman–Crippen LogP) is 3.17. The molecule has 0 unspecified atom stereocenters. The number of nitrogens with one attached hydrogen (secondary N) is 1. The highest BCUT2D eigenvalue weighted by atomic mass is 16.5. The molecule has 1 aromatic rings. The molecule has 1 aromatic carbocycles. The number of ketones is 1. The smallest absolute Gasteiger partial charge is 0.252 e. The molecule has 0 radical (unpaired) electrons. The average molecular weight is 441 g/mol. The molecule has 0 aromatic heterocycles. The number of amides is 1. The van der Waals surface area contributed by atoms with Gasteiger partial charge in [0, 0.05) is 53.7 Å². The number of benzene rings is 1. The van der Waals surface area contributed by atoms with Crippen LogP contribution in [0.25, 0.3) is 0 Å². The first kappa shape index (κ1) is 22.4. The molecule has 3 aliphatic rings. The van der Waals surface area contributed by atoms with Gasteiger partial charge in [-0.15, -0.1) is 0 Å². The minimum Gasteiger partial charge on any atom is -0.497 e. The lowest BCUT2D eigenvalue weighted by molar-refractivity contribution is -0.131. The van der Waals surface area contributed by atoms with E-state index in [1.165, 1.54) is 0 Å². The van der Waals surface area contributed by atoms with Gasteiger partial charge in [0.25, 0.3) is 5.91 Å². The first-order chi connectivity index (χ1) is 15.3. The van der Waals surface area contributed by atoms with Crippen molar-refractivity contribution in [1.29, 1.82) is 0 Å². The number of hydrogen-bond acceptors (Lipinski definition) is 6. The van der Waals surface area contributed by atoms with Crippen LogP contribution in [0.15, 0.2) is 40.7 Å². The topological polar surface area (TPSA) is 77.1 Å². The lowest BCUT2D eigenvalue weighted by Gasteiger charge is -2.41. The van der Waals surface area contributed by atoms with Crippen LogP contribution >= 0.6 is 0 Å². The van der Waals surface area contributed by atoms with Gasteiger partial charge in [-0.05, 0) is 24.8 Å². The monoisotopic (exact) mass is 440 g/mol. The van der Waals surface area contributed by atoms with Crippen LogP contribution in [0.4, 0.5) is 0 Å². The SMILES string of the molecule is COc1ccc([C@H]2C(C(=O)N3CCOCC3)=C(C)NC3=C2C(=O)CC(C)(C)C3)c(OC)c1. The molecule has 7 heteroatoms. The second-order valence-electron chi connectivity index (χ2n) is 9.44. The van der Waals surface area contributed by atoms with Crippen molar-refractivity contribution in [3.05, 3.63) is 46.3 Å². The Hall–Kier alpha value is -2.80. The fraction of sp³-hybridized carbons (Fsp3) is 0.520. The number of rotatable bonds is 4. The molecule has 1 fully saturated rings. The molecule has 0 spiro atoms. The van der Waals surface area contributed by atoms with Gasteiger partial charge < -0.3 is 24.4 Å². The number of carbonyl (C=O) groups is 2. The van der Waals surface area contributed by atoms with E-state index in [-0.39, 0.29) is 17.1 Å². The van der Waals surface area contributed by atoms with Crippen molar-refractivity contribution in [3.8, 4) is 11.5 Å². The largest absolute Gasteiger partial charge is 0.497 e. The van der Waals surface area contributed by atoms with E-state index in [1.54, 1.807) is 20.3 Å². The number of Topliss-reactive ketones (excluding diaryl/α,β-unsaturated/α-hetero) is 1. The molecule has 1 amide bonds. The zero-order valence-corrected chi connectivity index (χ0v) is 19.5. The van der Waals surface area contributed by atoms with Crippen molar-refractivity contribution >= 4 is 11.7 Å². The van der Waals surface area contributed by atoms with Crippen molar-refractivity contribution in [2.75, 3.05) is 40.5 Å². The summed E-state index contributed by atoms with van der Waals surface area (Å²) in [5, 5.41) is 3.43. The third-order valence-electron chi connectivity index (χ3n) is 6.52. The second kappa shape index (κ2) is 8.62. The van der Waals surface area contributed by atoms with E-state index < -0.39 is 5.92 Å². The number of hydrogen-bond donors (Lipinski definition) is 1. The minimum absolute atomic E-state index is 0.0645. The van der Waals surface area contributed by atoms with Crippen LogP contribution in [-0.2, 0) is 14.3 Å². The van der Waals surface area contributed by atoms with E-state index >= 15 is 0 Å². The molecule has 1 saturated heterocycles. The highest BCUT2D eigenvalue weighted by molar-refractivity contribution is 6.05. The molecule has 0 saturated carbocycles. The summed E-state index contributed by atoms with van der Waals surface area (Å²) < 4.78 is 16.5. The van der Waals surface area contributed by atoms with Gasteiger partial charge in [0.1, 0.15) is 11.5 Å². The van der Waals surface area contributed by atoms with Gasteiger partial charge in [0.05, 0.1) is 33.4 Å². The van der Waals surface area contributed by atoms with Crippen molar-refractivity contribution in [3.63, 3.8) is 0 Å². The maximum Gasteiger partial charge on any atom is 0.252 e. The zero-order valence-electron chi connectivity index (χ0n) is 19.5. The quantitative estimate of drug-likeness (QED) is 0.775. The summed E-state index contributed by atoms with van der Waals surface area (Å²) in [6.45, 7) is 8.24. The molecule has 2 heterocycles. The number of nitrogens with zero attached hydrogens (tertiary/aromatic N) is 1. The Morgan fingerprint density at radius 1 is 1.16 bits per heavy atom. The molecular weight excluding hydrogens is 408 g/mol. The van der Waals surface area contributed by atoms with Crippen LogP contribution in [-0.4, -0.2) is 57.1 Å². The van der Waals surface area contributed by atoms with Crippen molar-refractivity contribution < 1.29 is 23.8 Å². The van der Waals surface area contributed by atoms with Gasteiger partial charge >= 0.3 is 0 Å². The summed E-state index contributed by atoms with van der Waals surface area (Å²) in [4.78, 5) is 29.0. The van der Waals surface area contributed by atoms with Crippen LogP contribution in [0.3, 0.4) is 0 Å². The molecule has 172 valence electrons. The Balaban J connectivity index is 1.88. The lowest BCUT2D eigenvalue weighted by atomic mass is 9.68. The van der Waals surface area contributed by atoms with E-state index in [0.717, 1.165) is 23.4 Å². The Morgan fingerprint density at radius 3 is 2.53 bits per heavy atom. The molecule has 32 heavy (non-hydrogen) atoms. The predicted molar refractivity (Wildman–Crippen MR) is 121 cm³/mol. The first-order valence-corrected chi connectivity index (χ1v) is 11.1. The highest BCUT2D eigenvalue weighted by Gasteiger charge is 2.44. The summed E-state index contributed by atoms with van der Waals surface area (Å²) in [5.41, 5.74) is 3.63. The van der Waals surface area contributed by atoms with Gasteiger partial charge in [-0.2, -0.15) is 0 Å². The van der Waals surface area contributed by atoms with Crippen LogP contribution < -0.4 is 14.8 Å².